The summed E-state index contributed by atoms with van der Waals surface area (Å²) in [5.41, 5.74) is 1.38. The normalized spacial score (nSPS) is 26.0. The monoisotopic (exact) mass is 364 g/mol. The minimum Gasteiger partial charge on any atom is -0.311 e. The molecular weight excluding hydrogens is 343 g/mol. The predicted molar refractivity (Wildman–Crippen MR) is 91.0 cm³/mol. The van der Waals surface area contributed by atoms with Crippen LogP contribution in [0.25, 0.3) is 11.3 Å². The minimum atomic E-state index is -4.67. The molecule has 0 saturated carbocycles. The van der Waals surface area contributed by atoms with E-state index in [9.17, 15) is 12.3 Å². The molecule has 0 amide bonds. The topological polar surface area (TPSA) is 76.9 Å². The first kappa shape index (κ1) is 16.7. The molecule has 2 unspecified atom stereocenters. The molecule has 4 rings (SSSR count). The molecule has 0 radical (unpaired) electrons. The van der Waals surface area contributed by atoms with E-state index in [2.05, 4.69) is 15.6 Å². The quantitative estimate of drug-likeness (QED) is 0.825. The first-order chi connectivity index (χ1) is 12.0. The second-order valence-corrected chi connectivity index (χ2v) is 8.44. The van der Waals surface area contributed by atoms with Crippen LogP contribution >= 0.6 is 0 Å². The van der Waals surface area contributed by atoms with Crippen LogP contribution in [-0.4, -0.2) is 35.5 Å². The van der Waals surface area contributed by atoms with Crippen molar-refractivity contribution < 1.29 is 12.3 Å². The average Bonchev–Trinajstić information content (AvgIpc) is 3.19. The highest BCUT2D eigenvalue weighted by Crippen LogP contribution is 2.32. The molecule has 2 aliphatic rings. The van der Waals surface area contributed by atoms with E-state index in [1.165, 1.54) is 37.8 Å². The summed E-state index contributed by atoms with van der Waals surface area (Å²) >= 11 is 0. The summed E-state index contributed by atoms with van der Waals surface area (Å²) in [5, 5.41) is 12.0. The van der Waals surface area contributed by atoms with Gasteiger partial charge in [0.1, 0.15) is 5.69 Å². The molecule has 1 aromatic carbocycles. The van der Waals surface area contributed by atoms with Gasteiger partial charge in [0, 0.05) is 24.2 Å². The van der Waals surface area contributed by atoms with Crippen LogP contribution in [0.1, 0.15) is 32.1 Å². The van der Waals surface area contributed by atoms with E-state index < -0.39 is 10.2 Å². The van der Waals surface area contributed by atoms with Gasteiger partial charge in [-0.3, -0.25) is 4.68 Å². The Kier molecular flexibility index (Phi) is 4.33. The first-order valence-electron chi connectivity index (χ1n) is 8.68. The molecule has 2 bridgehead atoms. The maximum Gasteiger partial charge on any atom is 0.332 e. The summed E-state index contributed by atoms with van der Waals surface area (Å²) in [7, 11) is -4.67. The summed E-state index contributed by atoms with van der Waals surface area (Å²) in [6.45, 7) is 0.827. The summed E-state index contributed by atoms with van der Waals surface area (Å²) in [6.07, 6.45) is 8.05. The SMILES string of the molecule is O=S(=O)(F)c1ccc(-c2cn(CCC3CC4CCC(C3)N4)nn2)cc1. The molecule has 1 N–H and O–H groups in total. The van der Waals surface area contributed by atoms with Gasteiger partial charge < -0.3 is 5.32 Å². The van der Waals surface area contributed by atoms with Crippen LogP contribution in [0.5, 0.6) is 0 Å². The molecule has 25 heavy (non-hydrogen) atoms. The molecule has 2 aromatic rings. The highest BCUT2D eigenvalue weighted by Gasteiger charge is 2.33. The number of halogens is 1. The standard InChI is InChI=1S/C17H21FN4O2S/c18-25(23,24)16-5-1-13(2-6-16)17-11-22(21-20-17)8-7-12-9-14-3-4-15(10-12)19-14/h1-2,5-6,11-12,14-15,19H,3-4,7-10H2. The number of hydrogen-bond donors (Lipinski definition) is 1. The van der Waals surface area contributed by atoms with Crippen molar-refractivity contribution in [2.24, 2.45) is 5.92 Å². The molecule has 6 nitrogen and oxygen atoms in total. The van der Waals surface area contributed by atoms with Crippen LogP contribution in [0, 0.1) is 5.92 Å². The molecule has 8 heteroatoms. The van der Waals surface area contributed by atoms with E-state index in [0.717, 1.165) is 24.4 Å². The Morgan fingerprint density at radius 2 is 1.84 bits per heavy atom. The summed E-state index contributed by atoms with van der Waals surface area (Å²) in [6, 6.07) is 6.97. The van der Waals surface area contributed by atoms with Gasteiger partial charge in [0.15, 0.2) is 0 Å². The van der Waals surface area contributed by atoms with Gasteiger partial charge in [-0.25, -0.2) is 0 Å². The van der Waals surface area contributed by atoms with E-state index in [-0.39, 0.29) is 4.90 Å². The Morgan fingerprint density at radius 3 is 2.48 bits per heavy atom. The van der Waals surface area contributed by atoms with Crippen LogP contribution in [0.3, 0.4) is 0 Å². The number of fused-ring (bicyclic) bond motifs is 2. The Balaban J connectivity index is 1.38. The lowest BCUT2D eigenvalue weighted by Gasteiger charge is -2.28. The third-order valence-corrected chi connectivity index (χ3v) is 6.14. The molecule has 2 atom stereocenters. The lowest BCUT2D eigenvalue weighted by atomic mass is 9.90. The highest BCUT2D eigenvalue weighted by molar-refractivity contribution is 7.86. The van der Waals surface area contributed by atoms with Crippen molar-refractivity contribution in [3.8, 4) is 11.3 Å². The van der Waals surface area contributed by atoms with E-state index in [1.807, 2.05) is 10.9 Å². The highest BCUT2D eigenvalue weighted by atomic mass is 32.3. The summed E-state index contributed by atoms with van der Waals surface area (Å²) in [5.74, 6) is 0.737. The fraction of sp³-hybridized carbons (Fsp3) is 0.529. The Hall–Kier alpha value is -1.80. The fourth-order valence-electron chi connectivity index (χ4n) is 4.05. The van der Waals surface area contributed by atoms with Crippen LogP contribution in [0.15, 0.2) is 35.4 Å². The summed E-state index contributed by atoms with van der Waals surface area (Å²) < 4.78 is 36.5. The second-order valence-electron chi connectivity index (χ2n) is 7.09. The number of nitrogens with one attached hydrogen (secondary N) is 1. The van der Waals surface area contributed by atoms with Gasteiger partial charge in [0.05, 0.1) is 11.1 Å². The van der Waals surface area contributed by atoms with E-state index in [1.54, 1.807) is 12.1 Å². The van der Waals surface area contributed by atoms with Crippen LogP contribution in [-0.2, 0) is 16.8 Å². The maximum atomic E-state index is 12.9. The van der Waals surface area contributed by atoms with Crippen molar-refractivity contribution in [1.29, 1.82) is 0 Å². The van der Waals surface area contributed by atoms with Crippen molar-refractivity contribution >= 4 is 10.2 Å². The number of piperidine rings is 1. The molecule has 0 spiro atoms. The minimum absolute atomic E-state index is 0.343. The predicted octanol–water partition coefficient (Wildman–Crippen LogP) is 2.52. The summed E-state index contributed by atoms with van der Waals surface area (Å²) in [4.78, 5) is -0.343. The zero-order valence-corrected chi connectivity index (χ0v) is 14.6. The van der Waals surface area contributed by atoms with Gasteiger partial charge in [0.25, 0.3) is 0 Å². The number of rotatable bonds is 5. The number of aryl methyl sites for hydroxylation is 1. The van der Waals surface area contributed by atoms with Gasteiger partial charge in [-0.05, 0) is 50.2 Å². The Bertz CT molecular complexity index is 838. The molecule has 2 fully saturated rings. The van der Waals surface area contributed by atoms with Gasteiger partial charge in [0.2, 0.25) is 0 Å². The van der Waals surface area contributed by atoms with Crippen molar-refractivity contribution in [2.75, 3.05) is 0 Å². The third kappa shape index (κ3) is 3.74. The molecule has 2 saturated heterocycles. The zero-order valence-electron chi connectivity index (χ0n) is 13.8. The molecule has 2 aliphatic heterocycles. The number of aromatic nitrogens is 3. The first-order valence-corrected chi connectivity index (χ1v) is 10.1. The lowest BCUT2D eigenvalue weighted by molar-refractivity contribution is 0.272. The van der Waals surface area contributed by atoms with Crippen LogP contribution in [0.4, 0.5) is 3.89 Å². The lowest BCUT2D eigenvalue weighted by Crippen LogP contribution is -2.38. The van der Waals surface area contributed by atoms with Crippen LogP contribution < -0.4 is 5.32 Å². The number of benzene rings is 1. The zero-order chi connectivity index (χ0) is 17.4. The number of nitrogens with zero attached hydrogens (tertiary/aromatic N) is 3. The fourth-order valence-corrected chi connectivity index (χ4v) is 4.52. The van der Waals surface area contributed by atoms with Gasteiger partial charge in [-0.15, -0.1) is 8.98 Å². The molecule has 3 heterocycles. The van der Waals surface area contributed by atoms with Crippen molar-refractivity contribution in [3.05, 3.63) is 30.5 Å². The molecule has 1 aromatic heterocycles. The van der Waals surface area contributed by atoms with Gasteiger partial charge >= 0.3 is 10.2 Å². The largest absolute Gasteiger partial charge is 0.332 e. The van der Waals surface area contributed by atoms with Gasteiger partial charge in [-0.2, -0.15) is 8.42 Å². The van der Waals surface area contributed by atoms with E-state index in [4.69, 9.17) is 0 Å². The van der Waals surface area contributed by atoms with Crippen LogP contribution in [0.2, 0.25) is 0 Å². The Labute approximate surface area is 146 Å². The number of hydrogen-bond acceptors (Lipinski definition) is 5. The van der Waals surface area contributed by atoms with E-state index in [0.29, 0.717) is 17.8 Å². The second kappa shape index (κ2) is 6.49. The van der Waals surface area contributed by atoms with Crippen molar-refractivity contribution in [1.82, 2.24) is 20.3 Å². The molecule has 0 aliphatic carbocycles. The maximum absolute atomic E-state index is 12.9. The Morgan fingerprint density at radius 1 is 1.16 bits per heavy atom. The van der Waals surface area contributed by atoms with E-state index >= 15 is 0 Å². The van der Waals surface area contributed by atoms with Gasteiger partial charge in [-0.1, -0.05) is 17.3 Å². The van der Waals surface area contributed by atoms with Crippen molar-refractivity contribution in [3.63, 3.8) is 0 Å². The van der Waals surface area contributed by atoms with Crippen molar-refractivity contribution in [2.45, 2.75) is 55.6 Å². The third-order valence-electron chi connectivity index (χ3n) is 5.31. The molecule has 134 valence electrons. The smallest absolute Gasteiger partial charge is 0.311 e. The average molecular weight is 364 g/mol. The molecular formula is C17H21FN4O2S.